The van der Waals surface area contributed by atoms with Gasteiger partial charge >= 0.3 is 0 Å². The molecule has 1 aliphatic rings. The summed E-state index contributed by atoms with van der Waals surface area (Å²) in [4.78, 5) is 12.9. The number of rotatable bonds is 5. The number of amides is 1. The van der Waals surface area contributed by atoms with Crippen LogP contribution >= 0.6 is 0 Å². The molecule has 0 aromatic carbocycles. The standard InChI is InChI=1S/C11H22N2O/c1-2-3-4-10-5-7-13(8-6-10)9-11(12)14/h10H,2-9H2,1H3,(H2,12,14). The first-order valence-electron chi connectivity index (χ1n) is 5.73. The van der Waals surface area contributed by atoms with Crippen LogP contribution in [0.5, 0.6) is 0 Å². The van der Waals surface area contributed by atoms with Crippen molar-refractivity contribution < 1.29 is 4.79 Å². The smallest absolute Gasteiger partial charge is 0.231 e. The first kappa shape index (κ1) is 11.5. The van der Waals surface area contributed by atoms with Crippen molar-refractivity contribution in [1.29, 1.82) is 0 Å². The summed E-state index contributed by atoms with van der Waals surface area (Å²) in [6.07, 6.45) is 6.49. The lowest BCUT2D eigenvalue weighted by Crippen LogP contribution is -2.39. The Hall–Kier alpha value is -0.570. The van der Waals surface area contributed by atoms with Gasteiger partial charge in [0.15, 0.2) is 0 Å². The molecule has 14 heavy (non-hydrogen) atoms. The molecule has 0 atom stereocenters. The van der Waals surface area contributed by atoms with Gasteiger partial charge in [0.05, 0.1) is 6.54 Å². The molecule has 1 aliphatic heterocycles. The minimum Gasteiger partial charge on any atom is -0.369 e. The second-order valence-electron chi connectivity index (χ2n) is 4.33. The van der Waals surface area contributed by atoms with E-state index in [1.807, 2.05) is 0 Å². The lowest BCUT2D eigenvalue weighted by atomic mass is 9.92. The number of hydrogen-bond acceptors (Lipinski definition) is 2. The Morgan fingerprint density at radius 1 is 1.43 bits per heavy atom. The Bertz CT molecular complexity index is 174. The molecule has 0 aromatic rings. The van der Waals surface area contributed by atoms with Crippen molar-refractivity contribution in [2.24, 2.45) is 11.7 Å². The number of likely N-dealkylation sites (tertiary alicyclic amines) is 1. The molecule has 82 valence electrons. The highest BCUT2D eigenvalue weighted by atomic mass is 16.1. The van der Waals surface area contributed by atoms with Crippen LogP contribution in [0.15, 0.2) is 0 Å². The normalized spacial score (nSPS) is 19.8. The van der Waals surface area contributed by atoms with Gasteiger partial charge in [0.2, 0.25) is 5.91 Å². The molecule has 1 saturated heterocycles. The zero-order valence-electron chi connectivity index (χ0n) is 9.17. The van der Waals surface area contributed by atoms with Crippen LogP contribution in [0.3, 0.4) is 0 Å². The van der Waals surface area contributed by atoms with Gasteiger partial charge in [0.1, 0.15) is 0 Å². The first-order valence-corrected chi connectivity index (χ1v) is 5.73. The van der Waals surface area contributed by atoms with Gasteiger partial charge in [-0.2, -0.15) is 0 Å². The third-order valence-electron chi connectivity index (χ3n) is 3.05. The molecule has 0 bridgehead atoms. The van der Waals surface area contributed by atoms with E-state index in [2.05, 4.69) is 11.8 Å². The van der Waals surface area contributed by atoms with Crippen LogP contribution in [0.1, 0.15) is 39.0 Å². The number of unbranched alkanes of at least 4 members (excludes halogenated alkanes) is 1. The zero-order chi connectivity index (χ0) is 10.4. The molecule has 0 spiro atoms. The van der Waals surface area contributed by atoms with Gasteiger partial charge in [-0.15, -0.1) is 0 Å². The Labute approximate surface area is 86.6 Å². The molecule has 3 heteroatoms. The minimum absolute atomic E-state index is 0.197. The van der Waals surface area contributed by atoms with Crippen molar-refractivity contribution in [3.05, 3.63) is 0 Å². The van der Waals surface area contributed by atoms with Crippen molar-refractivity contribution >= 4 is 5.91 Å². The van der Waals surface area contributed by atoms with E-state index in [0.717, 1.165) is 19.0 Å². The van der Waals surface area contributed by atoms with Crippen LogP contribution in [0.25, 0.3) is 0 Å². The number of nitrogens with two attached hydrogens (primary N) is 1. The number of carbonyl (C=O) groups excluding carboxylic acids is 1. The van der Waals surface area contributed by atoms with Crippen LogP contribution in [0.4, 0.5) is 0 Å². The summed E-state index contributed by atoms with van der Waals surface area (Å²) < 4.78 is 0. The van der Waals surface area contributed by atoms with E-state index in [0.29, 0.717) is 6.54 Å². The summed E-state index contributed by atoms with van der Waals surface area (Å²) in [5.74, 6) is 0.691. The van der Waals surface area contributed by atoms with Crippen molar-refractivity contribution in [2.45, 2.75) is 39.0 Å². The van der Waals surface area contributed by atoms with Crippen molar-refractivity contribution in [3.8, 4) is 0 Å². The number of nitrogens with zero attached hydrogens (tertiary/aromatic N) is 1. The van der Waals surface area contributed by atoms with E-state index in [-0.39, 0.29) is 5.91 Å². The maximum atomic E-state index is 10.7. The van der Waals surface area contributed by atoms with Crippen LogP contribution in [-0.4, -0.2) is 30.4 Å². The molecular weight excluding hydrogens is 176 g/mol. The monoisotopic (exact) mass is 198 g/mol. The Morgan fingerprint density at radius 3 is 2.57 bits per heavy atom. The molecule has 1 fully saturated rings. The lowest BCUT2D eigenvalue weighted by Gasteiger charge is -2.30. The molecule has 0 aromatic heterocycles. The summed E-state index contributed by atoms with van der Waals surface area (Å²) in [7, 11) is 0. The van der Waals surface area contributed by atoms with Gasteiger partial charge in [0, 0.05) is 0 Å². The molecule has 1 heterocycles. The molecule has 0 saturated carbocycles. The maximum absolute atomic E-state index is 10.7. The van der Waals surface area contributed by atoms with Crippen LogP contribution in [0.2, 0.25) is 0 Å². The molecule has 3 nitrogen and oxygen atoms in total. The molecule has 0 radical (unpaired) electrons. The molecule has 1 amide bonds. The fourth-order valence-corrected chi connectivity index (χ4v) is 2.15. The summed E-state index contributed by atoms with van der Waals surface area (Å²) in [5, 5.41) is 0. The summed E-state index contributed by atoms with van der Waals surface area (Å²) in [6.45, 7) is 4.79. The molecule has 1 rings (SSSR count). The molecule has 2 N–H and O–H groups in total. The van der Waals surface area contributed by atoms with Crippen LogP contribution < -0.4 is 5.73 Å². The minimum atomic E-state index is -0.197. The number of primary amides is 1. The van der Waals surface area contributed by atoms with E-state index in [4.69, 9.17) is 5.73 Å². The van der Waals surface area contributed by atoms with Gasteiger partial charge in [-0.25, -0.2) is 0 Å². The molecule has 0 aliphatic carbocycles. The highest BCUT2D eigenvalue weighted by Crippen LogP contribution is 2.21. The largest absolute Gasteiger partial charge is 0.369 e. The van der Waals surface area contributed by atoms with E-state index < -0.39 is 0 Å². The molecule has 0 unspecified atom stereocenters. The predicted molar refractivity (Wildman–Crippen MR) is 57.9 cm³/mol. The topological polar surface area (TPSA) is 46.3 Å². The highest BCUT2D eigenvalue weighted by Gasteiger charge is 2.19. The zero-order valence-corrected chi connectivity index (χ0v) is 9.17. The summed E-state index contributed by atoms with van der Waals surface area (Å²) >= 11 is 0. The average molecular weight is 198 g/mol. The van der Waals surface area contributed by atoms with E-state index in [1.54, 1.807) is 0 Å². The van der Waals surface area contributed by atoms with E-state index >= 15 is 0 Å². The SMILES string of the molecule is CCCCC1CCN(CC(N)=O)CC1. The number of hydrogen-bond donors (Lipinski definition) is 1. The fourth-order valence-electron chi connectivity index (χ4n) is 2.15. The van der Waals surface area contributed by atoms with E-state index in [9.17, 15) is 4.79 Å². The summed E-state index contributed by atoms with van der Waals surface area (Å²) in [6, 6.07) is 0. The van der Waals surface area contributed by atoms with Crippen molar-refractivity contribution in [3.63, 3.8) is 0 Å². The summed E-state index contributed by atoms with van der Waals surface area (Å²) in [5.41, 5.74) is 5.16. The Kier molecular flexibility index (Phi) is 4.94. The van der Waals surface area contributed by atoms with Crippen molar-refractivity contribution in [1.82, 2.24) is 4.90 Å². The second kappa shape index (κ2) is 6.02. The van der Waals surface area contributed by atoms with Crippen molar-refractivity contribution in [2.75, 3.05) is 19.6 Å². The van der Waals surface area contributed by atoms with Gasteiger partial charge < -0.3 is 5.73 Å². The highest BCUT2D eigenvalue weighted by molar-refractivity contribution is 5.75. The lowest BCUT2D eigenvalue weighted by molar-refractivity contribution is -0.119. The first-order chi connectivity index (χ1) is 6.72. The second-order valence-corrected chi connectivity index (χ2v) is 4.33. The van der Waals surface area contributed by atoms with Crippen LogP contribution in [0, 0.1) is 5.92 Å². The molecular formula is C11H22N2O. The number of carbonyl (C=O) groups is 1. The van der Waals surface area contributed by atoms with E-state index in [1.165, 1.54) is 32.1 Å². The quantitative estimate of drug-likeness (QED) is 0.725. The Morgan fingerprint density at radius 2 is 2.07 bits per heavy atom. The van der Waals surface area contributed by atoms with Gasteiger partial charge in [-0.1, -0.05) is 26.2 Å². The third-order valence-corrected chi connectivity index (χ3v) is 3.05. The van der Waals surface area contributed by atoms with Gasteiger partial charge in [-0.3, -0.25) is 9.69 Å². The Balaban J connectivity index is 2.14. The number of piperidine rings is 1. The van der Waals surface area contributed by atoms with Gasteiger partial charge in [-0.05, 0) is 31.8 Å². The van der Waals surface area contributed by atoms with Gasteiger partial charge in [0.25, 0.3) is 0 Å². The maximum Gasteiger partial charge on any atom is 0.231 e. The fraction of sp³-hybridized carbons (Fsp3) is 0.909. The third kappa shape index (κ3) is 4.09. The van der Waals surface area contributed by atoms with Crippen LogP contribution in [-0.2, 0) is 4.79 Å². The predicted octanol–water partition coefficient (Wildman–Crippen LogP) is 1.37. The average Bonchev–Trinajstić information content (AvgIpc) is 2.16.